The van der Waals surface area contributed by atoms with Crippen molar-refractivity contribution in [2.75, 3.05) is 6.61 Å². The van der Waals surface area contributed by atoms with Crippen LogP contribution in [0.15, 0.2) is 43.0 Å². The zero-order valence-electron chi connectivity index (χ0n) is 6.77. The van der Waals surface area contributed by atoms with Gasteiger partial charge in [-0.25, -0.2) is 0 Å². The third-order valence-corrected chi connectivity index (χ3v) is 1.85. The molecular formula is C10H12O2. The molecule has 0 amide bonds. The molecule has 2 heteroatoms. The predicted molar refractivity (Wildman–Crippen MR) is 47.6 cm³/mol. The summed E-state index contributed by atoms with van der Waals surface area (Å²) in [5.41, 5.74) is -0.649. The largest absolute Gasteiger partial charge is 0.393 e. The van der Waals surface area contributed by atoms with Crippen LogP contribution in [0.2, 0.25) is 0 Å². The van der Waals surface area contributed by atoms with E-state index in [9.17, 15) is 5.11 Å². The van der Waals surface area contributed by atoms with Gasteiger partial charge in [0.15, 0.2) is 0 Å². The Kier molecular flexibility index (Phi) is 2.63. The van der Waals surface area contributed by atoms with Crippen molar-refractivity contribution in [3.63, 3.8) is 0 Å². The minimum absolute atomic E-state index is 0.347. The second-order valence-electron chi connectivity index (χ2n) is 2.65. The van der Waals surface area contributed by atoms with Gasteiger partial charge in [0.2, 0.25) is 0 Å². The second kappa shape index (κ2) is 3.52. The van der Waals surface area contributed by atoms with E-state index in [0.29, 0.717) is 5.56 Å². The van der Waals surface area contributed by atoms with Gasteiger partial charge in [0.25, 0.3) is 0 Å². The molecule has 1 aromatic rings. The lowest BCUT2D eigenvalue weighted by Crippen LogP contribution is -2.26. The third kappa shape index (κ3) is 1.55. The molecule has 1 aromatic carbocycles. The van der Waals surface area contributed by atoms with E-state index in [4.69, 9.17) is 5.11 Å². The van der Waals surface area contributed by atoms with E-state index in [1.165, 1.54) is 6.08 Å². The highest BCUT2D eigenvalue weighted by atomic mass is 16.3. The summed E-state index contributed by atoms with van der Waals surface area (Å²) in [6, 6.07) is 8.96. The Morgan fingerprint density at radius 3 is 2.33 bits per heavy atom. The highest BCUT2D eigenvalue weighted by Crippen LogP contribution is 2.20. The lowest BCUT2D eigenvalue weighted by molar-refractivity contribution is 0.0245. The fourth-order valence-corrected chi connectivity index (χ4v) is 1.00. The van der Waals surface area contributed by atoms with Gasteiger partial charge < -0.3 is 10.2 Å². The molecule has 2 nitrogen and oxygen atoms in total. The molecular weight excluding hydrogens is 152 g/mol. The number of rotatable bonds is 3. The summed E-state index contributed by atoms with van der Waals surface area (Å²) in [6.45, 7) is 3.12. The van der Waals surface area contributed by atoms with Crippen molar-refractivity contribution >= 4 is 0 Å². The SMILES string of the molecule is C=C[C@@](O)(CO)c1ccccc1. The summed E-state index contributed by atoms with van der Waals surface area (Å²) in [5, 5.41) is 18.6. The first-order valence-corrected chi connectivity index (χ1v) is 3.75. The number of hydrogen-bond acceptors (Lipinski definition) is 2. The molecule has 0 saturated carbocycles. The van der Waals surface area contributed by atoms with Crippen molar-refractivity contribution < 1.29 is 10.2 Å². The van der Waals surface area contributed by atoms with E-state index in [0.717, 1.165) is 0 Å². The van der Waals surface area contributed by atoms with Gasteiger partial charge in [0.1, 0.15) is 5.60 Å². The van der Waals surface area contributed by atoms with Crippen LogP contribution in [-0.2, 0) is 5.60 Å². The Morgan fingerprint density at radius 1 is 1.33 bits per heavy atom. The number of benzene rings is 1. The van der Waals surface area contributed by atoms with Crippen molar-refractivity contribution in [3.05, 3.63) is 48.6 Å². The molecule has 64 valence electrons. The van der Waals surface area contributed by atoms with E-state index in [1.54, 1.807) is 24.3 Å². The molecule has 0 saturated heterocycles. The highest BCUT2D eigenvalue weighted by Gasteiger charge is 2.23. The molecule has 0 heterocycles. The average molecular weight is 164 g/mol. The second-order valence-corrected chi connectivity index (χ2v) is 2.65. The summed E-state index contributed by atoms with van der Waals surface area (Å²) in [7, 11) is 0. The van der Waals surface area contributed by atoms with Crippen LogP contribution in [0.4, 0.5) is 0 Å². The van der Waals surface area contributed by atoms with Gasteiger partial charge in [0.05, 0.1) is 6.61 Å². The van der Waals surface area contributed by atoms with Crippen LogP contribution < -0.4 is 0 Å². The first kappa shape index (κ1) is 8.97. The van der Waals surface area contributed by atoms with Crippen molar-refractivity contribution in [2.45, 2.75) is 5.60 Å². The lowest BCUT2D eigenvalue weighted by atomic mass is 9.95. The first-order valence-electron chi connectivity index (χ1n) is 3.75. The standard InChI is InChI=1S/C10H12O2/c1-2-10(12,8-11)9-6-4-3-5-7-9/h2-7,11-12H,1,8H2/t10-/m1/s1. The molecule has 1 atom stereocenters. The van der Waals surface area contributed by atoms with E-state index in [-0.39, 0.29) is 6.61 Å². The molecule has 0 fully saturated rings. The zero-order valence-corrected chi connectivity index (χ0v) is 6.77. The fourth-order valence-electron chi connectivity index (χ4n) is 1.00. The Morgan fingerprint density at radius 2 is 1.92 bits per heavy atom. The van der Waals surface area contributed by atoms with Crippen LogP contribution in [-0.4, -0.2) is 16.8 Å². The quantitative estimate of drug-likeness (QED) is 0.655. The molecule has 0 unspecified atom stereocenters. The minimum Gasteiger partial charge on any atom is -0.393 e. The Balaban J connectivity index is 3.03. The number of aliphatic hydroxyl groups is 2. The van der Waals surface area contributed by atoms with Crippen LogP contribution in [0.1, 0.15) is 5.56 Å². The average Bonchev–Trinajstić information content (AvgIpc) is 2.18. The third-order valence-electron chi connectivity index (χ3n) is 1.85. The Hall–Kier alpha value is -1.12. The van der Waals surface area contributed by atoms with Crippen LogP contribution in [0.5, 0.6) is 0 Å². The van der Waals surface area contributed by atoms with Gasteiger partial charge in [-0.1, -0.05) is 43.0 Å². The van der Waals surface area contributed by atoms with Crippen LogP contribution in [0, 0.1) is 0 Å². The van der Waals surface area contributed by atoms with Gasteiger partial charge in [-0.05, 0) is 5.56 Å². The molecule has 1 rings (SSSR count). The normalized spacial score (nSPS) is 15.2. The maximum Gasteiger partial charge on any atom is 0.130 e. The lowest BCUT2D eigenvalue weighted by Gasteiger charge is -2.21. The Labute approximate surface area is 71.8 Å². The first-order chi connectivity index (χ1) is 5.73. The zero-order chi connectivity index (χ0) is 9.03. The van der Waals surface area contributed by atoms with Gasteiger partial charge in [0, 0.05) is 0 Å². The van der Waals surface area contributed by atoms with E-state index >= 15 is 0 Å². The van der Waals surface area contributed by atoms with E-state index < -0.39 is 5.60 Å². The van der Waals surface area contributed by atoms with Gasteiger partial charge in [-0.3, -0.25) is 0 Å². The van der Waals surface area contributed by atoms with Crippen LogP contribution in [0.25, 0.3) is 0 Å². The van der Waals surface area contributed by atoms with Crippen molar-refractivity contribution in [1.82, 2.24) is 0 Å². The molecule has 0 radical (unpaired) electrons. The number of hydrogen-bond donors (Lipinski definition) is 2. The van der Waals surface area contributed by atoms with Crippen LogP contribution in [0.3, 0.4) is 0 Å². The minimum atomic E-state index is -1.30. The van der Waals surface area contributed by atoms with Gasteiger partial charge in [-0.15, -0.1) is 0 Å². The van der Waals surface area contributed by atoms with Crippen LogP contribution >= 0.6 is 0 Å². The van der Waals surface area contributed by atoms with Crippen molar-refractivity contribution in [3.8, 4) is 0 Å². The number of aliphatic hydroxyl groups excluding tert-OH is 1. The molecule has 0 aliphatic carbocycles. The van der Waals surface area contributed by atoms with E-state index in [2.05, 4.69) is 6.58 Å². The molecule has 0 aromatic heterocycles. The molecule has 0 bridgehead atoms. The predicted octanol–water partition coefficient (Wildman–Crippen LogP) is 1.05. The van der Waals surface area contributed by atoms with Crippen molar-refractivity contribution in [2.24, 2.45) is 0 Å². The molecule has 0 aliphatic rings. The fraction of sp³-hybridized carbons (Fsp3) is 0.200. The van der Waals surface area contributed by atoms with Crippen molar-refractivity contribution in [1.29, 1.82) is 0 Å². The van der Waals surface area contributed by atoms with Gasteiger partial charge in [-0.2, -0.15) is 0 Å². The summed E-state index contributed by atoms with van der Waals surface area (Å²) < 4.78 is 0. The highest BCUT2D eigenvalue weighted by molar-refractivity contribution is 5.26. The monoisotopic (exact) mass is 164 g/mol. The van der Waals surface area contributed by atoms with Gasteiger partial charge >= 0.3 is 0 Å². The molecule has 0 aliphatic heterocycles. The maximum atomic E-state index is 9.73. The molecule has 12 heavy (non-hydrogen) atoms. The topological polar surface area (TPSA) is 40.5 Å². The summed E-state index contributed by atoms with van der Waals surface area (Å²) in [5.74, 6) is 0. The Bertz CT molecular complexity index is 256. The molecule has 2 N–H and O–H groups in total. The summed E-state index contributed by atoms with van der Waals surface area (Å²) in [6.07, 6.45) is 1.34. The summed E-state index contributed by atoms with van der Waals surface area (Å²) >= 11 is 0. The molecule has 0 spiro atoms. The summed E-state index contributed by atoms with van der Waals surface area (Å²) in [4.78, 5) is 0. The smallest absolute Gasteiger partial charge is 0.130 e. The maximum absolute atomic E-state index is 9.73. The van der Waals surface area contributed by atoms with E-state index in [1.807, 2.05) is 6.07 Å².